The fraction of sp³-hybridized carbons (Fsp3) is 0.100. The third-order valence-corrected chi connectivity index (χ3v) is 4.47. The molecular formula is C20H13F3N4O2. The molecule has 0 aliphatic carbocycles. The van der Waals surface area contributed by atoms with Gasteiger partial charge in [0.25, 0.3) is 5.91 Å². The number of hydrogen-bond acceptors (Lipinski definition) is 5. The van der Waals surface area contributed by atoms with Gasteiger partial charge in [-0.05, 0) is 24.3 Å². The molecule has 2 aliphatic rings. The Kier molecular flexibility index (Phi) is 4.71. The fourth-order valence-corrected chi connectivity index (χ4v) is 3.09. The summed E-state index contributed by atoms with van der Waals surface area (Å²) in [5.74, 6) is -4.78. The van der Waals surface area contributed by atoms with E-state index in [4.69, 9.17) is 0 Å². The molecule has 29 heavy (non-hydrogen) atoms. The molecule has 0 fully saturated rings. The first kappa shape index (κ1) is 18.6. The van der Waals surface area contributed by atoms with Gasteiger partial charge in [0.05, 0.1) is 5.56 Å². The number of amides is 1. The highest BCUT2D eigenvalue weighted by atomic mass is 19.2. The number of nitrogens with one attached hydrogen (secondary N) is 2. The zero-order valence-electron chi connectivity index (χ0n) is 14.7. The third kappa shape index (κ3) is 3.54. The molecule has 9 heteroatoms. The Balaban J connectivity index is 1.62. The molecule has 0 aromatic heterocycles. The largest absolute Gasteiger partial charge is 0.367 e. The van der Waals surface area contributed by atoms with Crippen LogP contribution in [0.25, 0.3) is 0 Å². The van der Waals surface area contributed by atoms with E-state index in [-0.39, 0.29) is 16.8 Å². The molecule has 0 saturated heterocycles. The van der Waals surface area contributed by atoms with E-state index in [1.54, 1.807) is 0 Å². The molecule has 6 nitrogen and oxygen atoms in total. The number of fused-ring (bicyclic) bond motifs is 1. The van der Waals surface area contributed by atoms with Crippen LogP contribution in [0, 0.1) is 17.5 Å². The number of benzene rings is 2. The van der Waals surface area contributed by atoms with E-state index in [1.807, 2.05) is 0 Å². The molecule has 2 aromatic carbocycles. The Morgan fingerprint density at radius 3 is 2.62 bits per heavy atom. The summed E-state index contributed by atoms with van der Waals surface area (Å²) >= 11 is 0. The van der Waals surface area contributed by atoms with Crippen molar-refractivity contribution in [2.75, 3.05) is 5.32 Å². The zero-order chi connectivity index (χ0) is 20.5. The molecule has 2 aliphatic heterocycles. The number of carbonyl (C=O) groups excluding carboxylic acids is 2. The van der Waals surface area contributed by atoms with Crippen molar-refractivity contribution in [2.45, 2.75) is 12.2 Å². The Morgan fingerprint density at radius 2 is 1.83 bits per heavy atom. The zero-order valence-corrected chi connectivity index (χ0v) is 14.7. The molecule has 0 bridgehead atoms. The first-order valence-electron chi connectivity index (χ1n) is 8.56. The minimum Gasteiger partial charge on any atom is -0.367 e. The number of rotatable bonds is 4. The molecule has 0 spiro atoms. The summed E-state index contributed by atoms with van der Waals surface area (Å²) in [4.78, 5) is 33.3. The van der Waals surface area contributed by atoms with Gasteiger partial charge in [0.15, 0.2) is 17.4 Å². The lowest BCUT2D eigenvalue weighted by atomic mass is 9.97. The number of carbonyl (C=O) groups is 2. The van der Waals surface area contributed by atoms with E-state index in [1.165, 1.54) is 36.8 Å². The third-order valence-electron chi connectivity index (χ3n) is 4.47. The van der Waals surface area contributed by atoms with Crippen LogP contribution in [0.5, 0.6) is 0 Å². The number of Topliss-reactive ketones (excluding diaryl/α,β-unsaturated/α-hetero) is 1. The van der Waals surface area contributed by atoms with E-state index in [9.17, 15) is 22.8 Å². The Hall–Kier alpha value is -3.75. The lowest BCUT2D eigenvalue weighted by Crippen LogP contribution is -2.32. The number of ketones is 1. The predicted octanol–water partition coefficient (Wildman–Crippen LogP) is 2.88. The Morgan fingerprint density at radius 1 is 1.03 bits per heavy atom. The van der Waals surface area contributed by atoms with Gasteiger partial charge < -0.3 is 10.6 Å². The molecule has 1 amide bonds. The van der Waals surface area contributed by atoms with Crippen LogP contribution in [-0.4, -0.2) is 36.3 Å². The predicted molar refractivity (Wildman–Crippen MR) is 101 cm³/mol. The van der Waals surface area contributed by atoms with Crippen LogP contribution in [0.1, 0.15) is 20.7 Å². The molecule has 146 valence electrons. The highest BCUT2D eigenvalue weighted by Crippen LogP contribution is 2.27. The molecule has 2 aromatic rings. The van der Waals surface area contributed by atoms with Crippen LogP contribution in [0.2, 0.25) is 0 Å². The molecule has 2 heterocycles. The topological polar surface area (TPSA) is 82.9 Å². The fourth-order valence-electron chi connectivity index (χ4n) is 3.09. The Bertz CT molecular complexity index is 1110. The standard InChI is InChI=1S/C20H13F3N4O2/c21-11-3-1-2-10(6-11)20(29)27-12-7-13(16(23)15(22)8-12)18(28)14-9-26-19-17(14)24-4-5-25-19/h1-9,17,19,26H,(H,27,29). The van der Waals surface area contributed by atoms with E-state index < -0.39 is 46.9 Å². The summed E-state index contributed by atoms with van der Waals surface area (Å²) in [6, 6.07) is 5.99. The van der Waals surface area contributed by atoms with Crippen molar-refractivity contribution in [3.63, 3.8) is 0 Å². The highest BCUT2D eigenvalue weighted by Gasteiger charge is 2.35. The van der Waals surface area contributed by atoms with Gasteiger partial charge in [0.2, 0.25) is 0 Å². The van der Waals surface area contributed by atoms with E-state index >= 15 is 0 Å². The van der Waals surface area contributed by atoms with E-state index in [0.717, 1.165) is 18.2 Å². The van der Waals surface area contributed by atoms with Crippen LogP contribution < -0.4 is 10.6 Å². The monoisotopic (exact) mass is 398 g/mol. The average Bonchev–Trinajstić information content (AvgIpc) is 3.14. The van der Waals surface area contributed by atoms with Crippen LogP contribution in [-0.2, 0) is 0 Å². The number of anilines is 1. The summed E-state index contributed by atoms with van der Waals surface area (Å²) in [5, 5.41) is 5.19. The summed E-state index contributed by atoms with van der Waals surface area (Å²) < 4.78 is 41.8. The van der Waals surface area contributed by atoms with Crippen molar-refractivity contribution in [1.82, 2.24) is 5.32 Å². The van der Waals surface area contributed by atoms with Gasteiger partial charge >= 0.3 is 0 Å². The van der Waals surface area contributed by atoms with Crippen molar-refractivity contribution in [3.8, 4) is 0 Å². The molecule has 2 atom stereocenters. The van der Waals surface area contributed by atoms with Gasteiger partial charge in [-0.3, -0.25) is 19.6 Å². The minimum atomic E-state index is -1.34. The van der Waals surface area contributed by atoms with E-state index in [2.05, 4.69) is 20.6 Å². The maximum atomic E-state index is 14.3. The second kappa shape index (κ2) is 7.34. The van der Waals surface area contributed by atoms with Gasteiger partial charge in [-0.2, -0.15) is 0 Å². The smallest absolute Gasteiger partial charge is 0.255 e. The lowest BCUT2D eigenvalue weighted by Gasteiger charge is -2.17. The molecule has 4 rings (SSSR count). The van der Waals surface area contributed by atoms with Crippen molar-refractivity contribution < 1.29 is 22.8 Å². The Labute approximate surface area is 162 Å². The molecule has 0 saturated carbocycles. The van der Waals surface area contributed by atoms with Crippen LogP contribution >= 0.6 is 0 Å². The summed E-state index contributed by atoms with van der Waals surface area (Å²) in [5.41, 5.74) is -0.592. The SMILES string of the molecule is O=C(Nc1cc(F)c(F)c(C(=O)C2=CNC3N=CC=NC23)c1)c1cccc(F)c1. The van der Waals surface area contributed by atoms with Crippen molar-refractivity contribution in [1.29, 1.82) is 0 Å². The molecule has 0 radical (unpaired) electrons. The maximum absolute atomic E-state index is 14.3. The number of nitrogens with zero attached hydrogens (tertiary/aromatic N) is 2. The summed E-state index contributed by atoms with van der Waals surface area (Å²) in [6.07, 6.45) is 3.77. The normalized spacial score (nSPS) is 19.3. The highest BCUT2D eigenvalue weighted by molar-refractivity contribution is 6.18. The van der Waals surface area contributed by atoms with Gasteiger partial charge in [-0.25, -0.2) is 13.2 Å². The number of hydrogen-bond donors (Lipinski definition) is 2. The molecular weight excluding hydrogens is 385 g/mol. The van der Waals surface area contributed by atoms with Crippen molar-refractivity contribution >= 4 is 29.8 Å². The minimum absolute atomic E-state index is 0.0115. The summed E-state index contributed by atoms with van der Waals surface area (Å²) in [7, 11) is 0. The second-order valence-corrected chi connectivity index (χ2v) is 6.37. The van der Waals surface area contributed by atoms with Gasteiger partial charge in [-0.15, -0.1) is 0 Å². The number of halogens is 3. The first-order chi connectivity index (χ1) is 13.9. The molecule has 2 N–H and O–H groups in total. The average molecular weight is 398 g/mol. The lowest BCUT2D eigenvalue weighted by molar-refractivity contribution is 0.101. The maximum Gasteiger partial charge on any atom is 0.255 e. The quantitative estimate of drug-likeness (QED) is 0.777. The van der Waals surface area contributed by atoms with Crippen LogP contribution in [0.4, 0.5) is 18.9 Å². The van der Waals surface area contributed by atoms with E-state index in [0.29, 0.717) is 0 Å². The van der Waals surface area contributed by atoms with Gasteiger partial charge in [0.1, 0.15) is 18.0 Å². The first-order valence-corrected chi connectivity index (χ1v) is 8.56. The number of aliphatic imine (C=N–C) groups is 2. The van der Waals surface area contributed by atoms with Gasteiger partial charge in [-0.1, -0.05) is 6.07 Å². The van der Waals surface area contributed by atoms with Crippen LogP contribution in [0.15, 0.2) is 58.2 Å². The van der Waals surface area contributed by atoms with Crippen molar-refractivity contribution in [2.24, 2.45) is 9.98 Å². The van der Waals surface area contributed by atoms with Crippen molar-refractivity contribution in [3.05, 3.63) is 76.7 Å². The van der Waals surface area contributed by atoms with Gasteiger partial charge in [0, 0.05) is 41.5 Å². The molecule has 2 unspecified atom stereocenters. The second-order valence-electron chi connectivity index (χ2n) is 6.37. The van der Waals surface area contributed by atoms with Crippen LogP contribution in [0.3, 0.4) is 0 Å². The summed E-state index contributed by atoms with van der Waals surface area (Å²) in [6.45, 7) is 0.